The zero-order valence-electron chi connectivity index (χ0n) is 21.4. The molecule has 10 heteroatoms. The second-order valence-electron chi connectivity index (χ2n) is 9.56. The van der Waals surface area contributed by atoms with E-state index in [1.807, 2.05) is 0 Å². The summed E-state index contributed by atoms with van der Waals surface area (Å²) in [6, 6.07) is 8.85. The molecular formula is C27H32FNO7S. The molecule has 200 valence electrons. The molecule has 3 rings (SSSR count). The van der Waals surface area contributed by atoms with E-state index in [-0.39, 0.29) is 28.9 Å². The fourth-order valence-electron chi connectivity index (χ4n) is 3.92. The summed E-state index contributed by atoms with van der Waals surface area (Å²) in [5, 5.41) is 0. The third-order valence-electron chi connectivity index (χ3n) is 5.50. The van der Waals surface area contributed by atoms with E-state index in [0.717, 1.165) is 23.2 Å². The van der Waals surface area contributed by atoms with Crippen molar-refractivity contribution in [2.75, 3.05) is 6.61 Å². The second kappa shape index (κ2) is 11.8. The molecule has 0 saturated heterocycles. The number of benzene rings is 2. The highest BCUT2D eigenvalue weighted by Gasteiger charge is 2.35. The molecule has 0 N–H and O–H groups in total. The number of rotatable bonds is 9. The first-order valence-electron chi connectivity index (χ1n) is 12.1. The van der Waals surface area contributed by atoms with Crippen molar-refractivity contribution in [2.24, 2.45) is 0 Å². The van der Waals surface area contributed by atoms with E-state index in [0.29, 0.717) is 18.6 Å². The molecule has 37 heavy (non-hydrogen) atoms. The highest BCUT2D eigenvalue weighted by Crippen LogP contribution is 2.33. The Morgan fingerprint density at radius 2 is 1.68 bits per heavy atom. The van der Waals surface area contributed by atoms with Gasteiger partial charge in [-0.2, -0.15) is 0 Å². The monoisotopic (exact) mass is 533 g/mol. The molecule has 0 bridgehead atoms. The fraction of sp³-hybridized carbons (Fsp3) is 0.407. The number of halogens is 1. The Kier molecular flexibility index (Phi) is 8.96. The molecular weight excluding hydrogens is 501 g/mol. The Morgan fingerprint density at radius 3 is 2.27 bits per heavy atom. The predicted molar refractivity (Wildman–Crippen MR) is 135 cm³/mol. The molecule has 2 aromatic rings. The van der Waals surface area contributed by atoms with Crippen molar-refractivity contribution in [2.45, 2.75) is 69.9 Å². The summed E-state index contributed by atoms with van der Waals surface area (Å²) in [6.45, 7) is 6.82. The number of ether oxygens (including phenoxy) is 3. The van der Waals surface area contributed by atoms with Gasteiger partial charge in [0, 0.05) is 18.3 Å². The first-order chi connectivity index (χ1) is 17.4. The van der Waals surface area contributed by atoms with Gasteiger partial charge >= 0.3 is 11.9 Å². The van der Waals surface area contributed by atoms with Crippen LogP contribution in [-0.2, 0) is 24.3 Å². The molecule has 1 aliphatic carbocycles. The molecule has 2 aromatic carbocycles. The van der Waals surface area contributed by atoms with Crippen LogP contribution in [0.4, 0.5) is 4.39 Å². The summed E-state index contributed by atoms with van der Waals surface area (Å²) in [4.78, 5) is 24.8. The quantitative estimate of drug-likeness (QED) is 0.306. The van der Waals surface area contributed by atoms with Crippen LogP contribution in [0, 0.1) is 5.82 Å². The van der Waals surface area contributed by atoms with Crippen LogP contribution in [0.3, 0.4) is 0 Å². The molecule has 8 nitrogen and oxygen atoms in total. The standard InChI is InChI=1S/C27H32FNO7S/c1-5-34-25(30)16-17-29(20-8-6-7-9-20)37(32,33)24-15-14-22(35-21-12-10-19(28)11-13-21)18-23(24)26(31)36-27(2,3)4/h10-18,20H,5-9H2,1-4H3/b17-16+. The van der Waals surface area contributed by atoms with Crippen LogP contribution < -0.4 is 4.74 Å². The average Bonchev–Trinajstić information content (AvgIpc) is 3.34. The minimum absolute atomic E-state index is 0.150. The number of esters is 2. The van der Waals surface area contributed by atoms with Crippen LogP contribution >= 0.6 is 0 Å². The molecule has 0 spiro atoms. The van der Waals surface area contributed by atoms with E-state index >= 15 is 0 Å². The number of carbonyl (C=O) groups excluding carboxylic acids is 2. The second-order valence-corrected chi connectivity index (χ2v) is 11.4. The van der Waals surface area contributed by atoms with Crippen LogP contribution in [0.25, 0.3) is 0 Å². The zero-order chi connectivity index (χ0) is 27.2. The lowest BCUT2D eigenvalue weighted by molar-refractivity contribution is -0.137. The minimum Gasteiger partial charge on any atom is -0.463 e. The Hall–Kier alpha value is -3.40. The third-order valence-corrected chi connectivity index (χ3v) is 7.39. The summed E-state index contributed by atoms with van der Waals surface area (Å²) in [5.41, 5.74) is -1.11. The van der Waals surface area contributed by atoms with Crippen molar-refractivity contribution in [3.05, 3.63) is 66.1 Å². The van der Waals surface area contributed by atoms with Crippen molar-refractivity contribution >= 4 is 22.0 Å². The normalized spacial score (nSPS) is 14.5. The fourth-order valence-corrected chi connectivity index (χ4v) is 5.64. The Balaban J connectivity index is 2.07. The molecule has 1 saturated carbocycles. The Morgan fingerprint density at radius 1 is 1.05 bits per heavy atom. The predicted octanol–water partition coefficient (Wildman–Crippen LogP) is 5.58. The van der Waals surface area contributed by atoms with E-state index in [1.54, 1.807) is 27.7 Å². The topological polar surface area (TPSA) is 99.2 Å². The van der Waals surface area contributed by atoms with Gasteiger partial charge in [0.1, 0.15) is 27.8 Å². The molecule has 1 fully saturated rings. The summed E-state index contributed by atoms with van der Waals surface area (Å²) in [7, 11) is -4.29. The Bertz CT molecular complexity index is 1240. The first-order valence-corrected chi connectivity index (χ1v) is 13.5. The van der Waals surface area contributed by atoms with Crippen molar-refractivity contribution in [3.63, 3.8) is 0 Å². The van der Waals surface area contributed by atoms with Gasteiger partial charge in [-0.1, -0.05) is 12.8 Å². The van der Waals surface area contributed by atoms with Gasteiger partial charge < -0.3 is 14.2 Å². The van der Waals surface area contributed by atoms with Crippen molar-refractivity contribution < 1.29 is 36.6 Å². The van der Waals surface area contributed by atoms with Crippen LogP contribution in [0.1, 0.15) is 63.7 Å². The van der Waals surface area contributed by atoms with Crippen molar-refractivity contribution in [1.82, 2.24) is 4.31 Å². The zero-order valence-corrected chi connectivity index (χ0v) is 22.2. The van der Waals surface area contributed by atoms with Gasteiger partial charge in [-0.05, 0) is 83.0 Å². The number of hydrogen-bond acceptors (Lipinski definition) is 7. The molecule has 0 aliphatic heterocycles. The average molecular weight is 534 g/mol. The van der Waals surface area contributed by atoms with E-state index in [9.17, 15) is 22.4 Å². The summed E-state index contributed by atoms with van der Waals surface area (Å²) >= 11 is 0. The van der Waals surface area contributed by atoms with Crippen LogP contribution in [0.2, 0.25) is 0 Å². The van der Waals surface area contributed by atoms with Crippen LogP contribution in [0.15, 0.2) is 59.6 Å². The van der Waals surface area contributed by atoms with Gasteiger partial charge in [0.2, 0.25) is 0 Å². The third kappa shape index (κ3) is 7.55. The summed E-state index contributed by atoms with van der Waals surface area (Å²) in [6.07, 6.45) is 5.17. The van der Waals surface area contributed by atoms with Gasteiger partial charge in [0.15, 0.2) is 0 Å². The lowest BCUT2D eigenvalue weighted by Gasteiger charge is -2.28. The molecule has 0 aromatic heterocycles. The number of nitrogens with zero attached hydrogens (tertiary/aromatic N) is 1. The van der Waals surface area contributed by atoms with E-state index in [4.69, 9.17) is 14.2 Å². The van der Waals surface area contributed by atoms with Gasteiger partial charge in [-0.3, -0.25) is 4.31 Å². The number of sulfonamides is 1. The summed E-state index contributed by atoms with van der Waals surface area (Å²) < 4.78 is 58.4. The lowest BCUT2D eigenvalue weighted by Crippen LogP contribution is -2.36. The highest BCUT2D eigenvalue weighted by molar-refractivity contribution is 7.89. The molecule has 0 amide bonds. The van der Waals surface area contributed by atoms with Gasteiger partial charge in [-0.15, -0.1) is 0 Å². The van der Waals surface area contributed by atoms with Crippen molar-refractivity contribution in [1.29, 1.82) is 0 Å². The number of hydrogen-bond donors (Lipinski definition) is 0. The Labute approximate surface area is 217 Å². The minimum atomic E-state index is -4.29. The maximum atomic E-state index is 13.9. The molecule has 1 aliphatic rings. The van der Waals surface area contributed by atoms with Crippen molar-refractivity contribution in [3.8, 4) is 11.5 Å². The van der Waals surface area contributed by atoms with Gasteiger partial charge in [0.25, 0.3) is 10.0 Å². The number of carbonyl (C=O) groups is 2. The van der Waals surface area contributed by atoms with E-state index in [1.165, 1.54) is 48.7 Å². The maximum absolute atomic E-state index is 13.9. The van der Waals surface area contributed by atoms with Crippen LogP contribution in [-0.4, -0.2) is 42.9 Å². The maximum Gasteiger partial charge on any atom is 0.340 e. The molecule has 0 unspecified atom stereocenters. The molecule has 0 radical (unpaired) electrons. The largest absolute Gasteiger partial charge is 0.463 e. The molecule has 0 heterocycles. The van der Waals surface area contributed by atoms with Gasteiger partial charge in [0.05, 0.1) is 12.2 Å². The highest BCUT2D eigenvalue weighted by atomic mass is 32.2. The lowest BCUT2D eigenvalue weighted by atomic mass is 10.1. The molecule has 0 atom stereocenters. The summed E-state index contributed by atoms with van der Waals surface area (Å²) in [5.74, 6) is -1.49. The van der Waals surface area contributed by atoms with E-state index < -0.39 is 33.4 Å². The first kappa shape index (κ1) is 28.2. The SMILES string of the molecule is CCOC(=O)/C=C/N(C1CCCC1)S(=O)(=O)c1ccc(Oc2ccc(F)cc2)cc1C(=O)OC(C)(C)C. The van der Waals surface area contributed by atoms with Gasteiger partial charge in [-0.25, -0.2) is 22.4 Å². The smallest absolute Gasteiger partial charge is 0.340 e. The van der Waals surface area contributed by atoms with E-state index in [2.05, 4.69) is 0 Å². The van der Waals surface area contributed by atoms with Crippen LogP contribution in [0.5, 0.6) is 11.5 Å².